The van der Waals surface area contributed by atoms with Crippen molar-refractivity contribution in [2.75, 3.05) is 13.7 Å². The summed E-state index contributed by atoms with van der Waals surface area (Å²) in [5, 5.41) is -0.734. The summed E-state index contributed by atoms with van der Waals surface area (Å²) in [6.07, 6.45) is 0.332. The second-order valence-electron chi connectivity index (χ2n) is 4.11. The highest BCUT2D eigenvalue weighted by Crippen LogP contribution is 2.22. The minimum absolute atomic E-state index is 0.0954. The Kier molecular flexibility index (Phi) is 7.15. The van der Waals surface area contributed by atoms with Crippen molar-refractivity contribution in [1.29, 1.82) is 0 Å². The molecule has 1 atom stereocenters. The molecular weight excluding hydrogens is 276 g/mol. The first-order valence-electron chi connectivity index (χ1n) is 6.56. The number of esters is 1. The first kappa shape index (κ1) is 16.6. The maximum Gasteiger partial charge on any atom is 0.326 e. The molecule has 0 N–H and O–H groups in total. The van der Waals surface area contributed by atoms with Gasteiger partial charge in [0.05, 0.1) is 13.7 Å². The van der Waals surface area contributed by atoms with Crippen LogP contribution in [-0.4, -0.2) is 30.7 Å². The molecule has 110 valence electrons. The molecule has 0 aromatic heterocycles. The molecule has 5 heteroatoms. The van der Waals surface area contributed by atoms with Gasteiger partial charge in [-0.15, -0.1) is 11.8 Å². The molecule has 0 spiro atoms. The molecule has 1 aromatic carbocycles. The van der Waals surface area contributed by atoms with Gasteiger partial charge in [-0.2, -0.15) is 0 Å². The van der Waals surface area contributed by atoms with Crippen molar-refractivity contribution in [1.82, 2.24) is 0 Å². The predicted molar refractivity (Wildman–Crippen MR) is 80.0 cm³/mol. The zero-order chi connectivity index (χ0) is 15.0. The van der Waals surface area contributed by atoms with Crippen LogP contribution >= 0.6 is 11.8 Å². The quantitative estimate of drug-likeness (QED) is 0.545. The zero-order valence-electron chi connectivity index (χ0n) is 12.0. The van der Waals surface area contributed by atoms with Gasteiger partial charge in [-0.3, -0.25) is 9.59 Å². The molecule has 0 radical (unpaired) electrons. The smallest absolute Gasteiger partial charge is 0.326 e. The molecule has 4 nitrogen and oxygen atoms in total. The van der Waals surface area contributed by atoms with Crippen molar-refractivity contribution in [3.05, 3.63) is 29.8 Å². The van der Waals surface area contributed by atoms with Crippen molar-refractivity contribution < 1.29 is 19.1 Å². The summed E-state index contributed by atoms with van der Waals surface area (Å²) in [6, 6.07) is 7.56. The Morgan fingerprint density at radius 1 is 1.20 bits per heavy atom. The summed E-state index contributed by atoms with van der Waals surface area (Å²) in [7, 11) is 1.61. The van der Waals surface area contributed by atoms with Gasteiger partial charge in [0.25, 0.3) is 0 Å². The molecule has 1 aromatic rings. The number of rotatable bonds is 8. The number of methoxy groups -OCH3 is 1. The third-order valence-electron chi connectivity index (χ3n) is 2.72. The Hall–Kier alpha value is -1.49. The Balaban J connectivity index is 2.65. The van der Waals surface area contributed by atoms with Crippen molar-refractivity contribution in [2.45, 2.75) is 31.3 Å². The van der Waals surface area contributed by atoms with Gasteiger partial charge in [-0.05, 0) is 24.6 Å². The highest BCUT2D eigenvalue weighted by atomic mass is 32.2. The van der Waals surface area contributed by atoms with Crippen LogP contribution in [0, 0.1) is 0 Å². The fourth-order valence-electron chi connectivity index (χ4n) is 1.60. The Morgan fingerprint density at radius 2 is 1.85 bits per heavy atom. The average molecular weight is 296 g/mol. The maximum absolute atomic E-state index is 11.8. The maximum atomic E-state index is 11.8. The van der Waals surface area contributed by atoms with Crippen LogP contribution in [-0.2, 0) is 20.1 Å². The predicted octanol–water partition coefficient (Wildman–Crippen LogP) is 2.84. The van der Waals surface area contributed by atoms with Crippen LogP contribution in [0.25, 0.3) is 0 Å². The van der Waals surface area contributed by atoms with E-state index in [9.17, 15) is 9.59 Å². The SMILES string of the molecule is CCOC(=O)C(SCc1ccc(OC)cc1)C(=O)CC. The lowest BCUT2D eigenvalue weighted by Crippen LogP contribution is -2.28. The van der Waals surface area contributed by atoms with Gasteiger partial charge in [0.2, 0.25) is 0 Å². The fraction of sp³-hybridized carbons (Fsp3) is 0.467. The van der Waals surface area contributed by atoms with Gasteiger partial charge in [0.1, 0.15) is 5.75 Å². The second kappa shape index (κ2) is 8.64. The first-order valence-corrected chi connectivity index (χ1v) is 7.61. The molecule has 1 rings (SSSR count). The number of hydrogen-bond donors (Lipinski definition) is 0. The van der Waals surface area contributed by atoms with Crippen LogP contribution in [0.4, 0.5) is 0 Å². The van der Waals surface area contributed by atoms with E-state index >= 15 is 0 Å². The summed E-state index contributed by atoms with van der Waals surface area (Å²) in [5.41, 5.74) is 1.04. The molecule has 0 saturated carbocycles. The van der Waals surface area contributed by atoms with E-state index in [0.717, 1.165) is 11.3 Å². The Morgan fingerprint density at radius 3 is 2.35 bits per heavy atom. The van der Waals surface area contributed by atoms with Crippen LogP contribution < -0.4 is 4.74 Å². The number of carbonyl (C=O) groups excluding carboxylic acids is 2. The number of Topliss-reactive ketones (excluding diaryl/α,β-unsaturated/α-hetero) is 1. The second-order valence-corrected chi connectivity index (χ2v) is 5.20. The number of carbonyl (C=O) groups is 2. The highest BCUT2D eigenvalue weighted by molar-refractivity contribution is 8.00. The van der Waals surface area contributed by atoms with Crippen LogP contribution in [0.5, 0.6) is 5.75 Å². The lowest BCUT2D eigenvalue weighted by molar-refractivity contribution is -0.144. The van der Waals surface area contributed by atoms with Crippen LogP contribution in [0.15, 0.2) is 24.3 Å². The van der Waals surface area contributed by atoms with E-state index < -0.39 is 11.2 Å². The molecule has 0 fully saturated rings. The number of ether oxygens (including phenoxy) is 2. The van der Waals surface area contributed by atoms with E-state index in [1.165, 1.54) is 11.8 Å². The third-order valence-corrected chi connectivity index (χ3v) is 4.01. The Labute approximate surface area is 123 Å². The third kappa shape index (κ3) is 4.89. The minimum atomic E-state index is -0.734. The van der Waals surface area contributed by atoms with Crippen LogP contribution in [0.2, 0.25) is 0 Å². The summed E-state index contributed by atoms with van der Waals surface area (Å²) in [5.74, 6) is 0.823. The van der Waals surface area contributed by atoms with Gasteiger partial charge in [0.15, 0.2) is 11.0 Å². The molecule has 0 aliphatic carbocycles. The molecule has 1 unspecified atom stereocenters. The highest BCUT2D eigenvalue weighted by Gasteiger charge is 2.26. The van der Waals surface area contributed by atoms with Gasteiger partial charge < -0.3 is 9.47 Å². The molecule has 0 amide bonds. The summed E-state index contributed by atoms with van der Waals surface area (Å²) >= 11 is 1.30. The molecular formula is C15H20O4S. The molecule has 0 aliphatic rings. The number of ketones is 1. The fourth-order valence-corrected chi connectivity index (χ4v) is 2.71. The monoisotopic (exact) mass is 296 g/mol. The number of benzene rings is 1. The molecule has 0 aliphatic heterocycles. The standard InChI is InChI=1S/C15H20O4S/c1-4-13(16)14(15(17)19-5-2)20-10-11-6-8-12(18-3)9-7-11/h6-9,14H,4-5,10H2,1-3H3. The van der Waals surface area contributed by atoms with E-state index in [1.807, 2.05) is 24.3 Å². The van der Waals surface area contributed by atoms with E-state index in [1.54, 1.807) is 21.0 Å². The molecule has 0 saturated heterocycles. The van der Waals surface area contributed by atoms with Gasteiger partial charge in [-0.25, -0.2) is 0 Å². The van der Waals surface area contributed by atoms with Gasteiger partial charge in [-0.1, -0.05) is 19.1 Å². The minimum Gasteiger partial charge on any atom is -0.497 e. The van der Waals surface area contributed by atoms with Crippen LogP contribution in [0.1, 0.15) is 25.8 Å². The molecule has 0 heterocycles. The van der Waals surface area contributed by atoms with Crippen molar-refractivity contribution in [3.8, 4) is 5.75 Å². The van der Waals surface area contributed by atoms with E-state index in [-0.39, 0.29) is 12.4 Å². The number of thioether (sulfide) groups is 1. The number of hydrogen-bond acceptors (Lipinski definition) is 5. The van der Waals surface area contributed by atoms with E-state index in [0.29, 0.717) is 12.2 Å². The van der Waals surface area contributed by atoms with Gasteiger partial charge in [0, 0.05) is 12.2 Å². The van der Waals surface area contributed by atoms with Crippen molar-refractivity contribution in [2.24, 2.45) is 0 Å². The average Bonchev–Trinajstić information content (AvgIpc) is 2.48. The van der Waals surface area contributed by atoms with Crippen molar-refractivity contribution in [3.63, 3.8) is 0 Å². The van der Waals surface area contributed by atoms with E-state index in [2.05, 4.69) is 0 Å². The Bertz CT molecular complexity index is 442. The summed E-state index contributed by atoms with van der Waals surface area (Å²) in [4.78, 5) is 23.6. The van der Waals surface area contributed by atoms with Crippen molar-refractivity contribution >= 4 is 23.5 Å². The summed E-state index contributed by atoms with van der Waals surface area (Å²) < 4.78 is 10.0. The zero-order valence-corrected chi connectivity index (χ0v) is 12.9. The summed E-state index contributed by atoms with van der Waals surface area (Å²) in [6.45, 7) is 3.78. The normalized spacial score (nSPS) is 11.8. The largest absolute Gasteiger partial charge is 0.497 e. The lowest BCUT2D eigenvalue weighted by atomic mass is 10.2. The first-order chi connectivity index (χ1) is 9.62. The van der Waals surface area contributed by atoms with Gasteiger partial charge >= 0.3 is 5.97 Å². The lowest BCUT2D eigenvalue weighted by Gasteiger charge is -2.13. The molecule has 0 bridgehead atoms. The van der Waals surface area contributed by atoms with E-state index in [4.69, 9.17) is 9.47 Å². The topological polar surface area (TPSA) is 52.6 Å². The molecule has 20 heavy (non-hydrogen) atoms. The van der Waals surface area contributed by atoms with Crippen LogP contribution in [0.3, 0.4) is 0 Å².